The van der Waals surface area contributed by atoms with Gasteiger partial charge in [0.25, 0.3) is 5.89 Å². The van der Waals surface area contributed by atoms with Gasteiger partial charge in [0, 0.05) is 24.0 Å². The van der Waals surface area contributed by atoms with Gasteiger partial charge in [-0.2, -0.15) is 4.98 Å². The van der Waals surface area contributed by atoms with Crippen LogP contribution in [0.25, 0.3) is 0 Å². The summed E-state index contributed by atoms with van der Waals surface area (Å²) in [6.45, 7) is 4.17. The van der Waals surface area contributed by atoms with E-state index in [1.807, 2.05) is 24.3 Å². The monoisotopic (exact) mass is 337 g/mol. The summed E-state index contributed by atoms with van der Waals surface area (Å²) in [4.78, 5) is 4.36. The number of aromatic nitrogens is 2. The van der Waals surface area contributed by atoms with Crippen LogP contribution >= 0.6 is 15.9 Å². The molecule has 0 unspecified atom stereocenters. The minimum Gasteiger partial charge on any atom is -0.363 e. The van der Waals surface area contributed by atoms with Gasteiger partial charge in [0.1, 0.15) is 6.61 Å². The third kappa shape index (κ3) is 3.08. The van der Waals surface area contributed by atoms with Crippen LogP contribution in [0.1, 0.15) is 24.2 Å². The molecule has 2 heterocycles. The number of hydrogen-bond acceptors (Lipinski definition) is 5. The summed E-state index contributed by atoms with van der Waals surface area (Å²) in [6.07, 6.45) is 0.643. The normalized spacial score (nSPS) is 16.9. The van der Waals surface area contributed by atoms with Gasteiger partial charge in [-0.15, -0.1) is 0 Å². The molecule has 1 aromatic carbocycles. The largest absolute Gasteiger partial charge is 0.363 e. The van der Waals surface area contributed by atoms with Crippen LogP contribution in [0.3, 0.4) is 0 Å². The van der Waals surface area contributed by atoms with Crippen molar-refractivity contribution in [1.82, 2.24) is 15.5 Å². The maximum Gasteiger partial charge on any atom is 0.252 e. The summed E-state index contributed by atoms with van der Waals surface area (Å²) in [7, 11) is 0. The lowest BCUT2D eigenvalue weighted by Crippen LogP contribution is -2.58. The van der Waals surface area contributed by atoms with Crippen LogP contribution in [0.4, 0.5) is 0 Å². The van der Waals surface area contributed by atoms with E-state index in [1.165, 1.54) is 0 Å². The van der Waals surface area contributed by atoms with Gasteiger partial charge in [-0.05, 0) is 18.6 Å². The summed E-state index contributed by atoms with van der Waals surface area (Å²) < 4.78 is 12.0. The van der Waals surface area contributed by atoms with Gasteiger partial charge in [-0.3, -0.25) is 0 Å². The SMILES string of the molecule is CC1(OCc2nc(Cc3ccccc3Br)no2)CNC1. The van der Waals surface area contributed by atoms with Gasteiger partial charge < -0.3 is 14.6 Å². The van der Waals surface area contributed by atoms with Crippen LogP contribution in [0.5, 0.6) is 0 Å². The van der Waals surface area contributed by atoms with Crippen LogP contribution in [0.15, 0.2) is 33.3 Å². The average molecular weight is 338 g/mol. The van der Waals surface area contributed by atoms with Gasteiger partial charge in [0.05, 0.1) is 5.60 Å². The lowest BCUT2D eigenvalue weighted by Gasteiger charge is -2.38. The minimum absolute atomic E-state index is 0.100. The molecule has 6 heteroatoms. The Balaban J connectivity index is 1.60. The van der Waals surface area contributed by atoms with E-state index in [0.29, 0.717) is 24.7 Å². The zero-order chi connectivity index (χ0) is 14.0. The zero-order valence-electron chi connectivity index (χ0n) is 11.2. The van der Waals surface area contributed by atoms with Crippen molar-refractivity contribution in [3.8, 4) is 0 Å². The van der Waals surface area contributed by atoms with E-state index in [9.17, 15) is 0 Å². The number of nitrogens with one attached hydrogen (secondary N) is 1. The second-order valence-corrected chi connectivity index (χ2v) is 6.07. The molecule has 1 N–H and O–H groups in total. The van der Waals surface area contributed by atoms with Gasteiger partial charge in [-0.25, -0.2) is 0 Å². The molecule has 5 nitrogen and oxygen atoms in total. The Kier molecular flexibility index (Phi) is 3.87. The van der Waals surface area contributed by atoms with Crippen molar-refractivity contribution < 1.29 is 9.26 Å². The molecule has 0 spiro atoms. The third-order valence-electron chi connectivity index (χ3n) is 3.36. The predicted molar refractivity (Wildman–Crippen MR) is 77.3 cm³/mol. The summed E-state index contributed by atoms with van der Waals surface area (Å²) in [5.41, 5.74) is 1.04. The molecule has 1 saturated heterocycles. The fraction of sp³-hybridized carbons (Fsp3) is 0.429. The Bertz CT molecular complexity index is 596. The van der Waals surface area contributed by atoms with E-state index in [0.717, 1.165) is 23.1 Å². The fourth-order valence-corrected chi connectivity index (χ4v) is 2.47. The molecule has 106 valence electrons. The van der Waals surface area contributed by atoms with Crippen LogP contribution in [-0.2, 0) is 17.8 Å². The van der Waals surface area contributed by atoms with E-state index in [4.69, 9.17) is 9.26 Å². The molecule has 1 aromatic heterocycles. The molecule has 2 aromatic rings. The molecule has 1 aliphatic heterocycles. The van der Waals surface area contributed by atoms with Crippen molar-refractivity contribution >= 4 is 15.9 Å². The topological polar surface area (TPSA) is 60.2 Å². The number of ether oxygens (including phenoxy) is 1. The first-order valence-corrected chi connectivity index (χ1v) is 7.33. The van der Waals surface area contributed by atoms with Crippen molar-refractivity contribution in [3.05, 3.63) is 46.0 Å². The van der Waals surface area contributed by atoms with E-state index >= 15 is 0 Å². The van der Waals surface area contributed by atoms with E-state index < -0.39 is 0 Å². The molecule has 0 amide bonds. The smallest absolute Gasteiger partial charge is 0.252 e. The van der Waals surface area contributed by atoms with E-state index in [2.05, 4.69) is 38.3 Å². The van der Waals surface area contributed by atoms with Crippen molar-refractivity contribution in [3.63, 3.8) is 0 Å². The molecule has 0 radical (unpaired) electrons. The zero-order valence-corrected chi connectivity index (χ0v) is 12.8. The Morgan fingerprint density at radius 2 is 2.20 bits per heavy atom. The van der Waals surface area contributed by atoms with Gasteiger partial charge in [0.2, 0.25) is 0 Å². The lowest BCUT2D eigenvalue weighted by atomic mass is 10.0. The molecule has 1 fully saturated rings. The Hall–Kier alpha value is -1.24. The average Bonchev–Trinajstić information content (AvgIpc) is 2.85. The number of benzene rings is 1. The standard InChI is InChI=1S/C14H16BrN3O2/c1-14(8-16-9-14)19-7-13-17-12(18-20-13)6-10-4-2-3-5-11(10)15/h2-5,16H,6-9H2,1H3. The van der Waals surface area contributed by atoms with E-state index in [1.54, 1.807) is 0 Å². The summed E-state index contributed by atoms with van der Waals surface area (Å²) in [6, 6.07) is 8.02. The van der Waals surface area contributed by atoms with Crippen LogP contribution in [-0.4, -0.2) is 28.8 Å². The molecule has 1 aliphatic rings. The van der Waals surface area contributed by atoms with Crippen molar-refractivity contribution in [1.29, 1.82) is 0 Å². The highest BCUT2D eigenvalue weighted by atomic mass is 79.9. The quantitative estimate of drug-likeness (QED) is 0.907. The van der Waals surface area contributed by atoms with Crippen LogP contribution < -0.4 is 5.32 Å². The first-order valence-electron chi connectivity index (χ1n) is 6.54. The minimum atomic E-state index is -0.100. The Labute approximate surface area is 125 Å². The second kappa shape index (κ2) is 5.63. The first kappa shape index (κ1) is 13.7. The van der Waals surface area contributed by atoms with Crippen LogP contribution in [0, 0.1) is 0 Å². The summed E-state index contributed by atoms with van der Waals surface area (Å²) in [5.74, 6) is 1.20. The molecular formula is C14H16BrN3O2. The van der Waals surface area contributed by atoms with Crippen molar-refractivity contribution in [2.24, 2.45) is 0 Å². The molecule has 0 saturated carbocycles. The highest BCUT2D eigenvalue weighted by Crippen LogP contribution is 2.20. The molecule has 0 bridgehead atoms. The molecule has 0 aliphatic carbocycles. The predicted octanol–water partition coefficient (Wildman–Crippen LogP) is 2.30. The lowest BCUT2D eigenvalue weighted by molar-refractivity contribution is -0.0841. The number of halogens is 1. The number of nitrogens with zero attached hydrogens (tertiary/aromatic N) is 2. The second-order valence-electron chi connectivity index (χ2n) is 5.21. The molecule has 20 heavy (non-hydrogen) atoms. The number of rotatable bonds is 5. The van der Waals surface area contributed by atoms with Gasteiger partial charge in [-0.1, -0.05) is 39.3 Å². The third-order valence-corrected chi connectivity index (χ3v) is 4.13. The Morgan fingerprint density at radius 3 is 2.90 bits per heavy atom. The molecular weight excluding hydrogens is 322 g/mol. The maximum atomic E-state index is 5.77. The molecule has 0 atom stereocenters. The number of hydrogen-bond donors (Lipinski definition) is 1. The summed E-state index contributed by atoms with van der Waals surface area (Å²) in [5, 5.41) is 7.18. The Morgan fingerprint density at radius 1 is 1.40 bits per heavy atom. The van der Waals surface area contributed by atoms with Crippen molar-refractivity contribution in [2.75, 3.05) is 13.1 Å². The summed E-state index contributed by atoms with van der Waals surface area (Å²) >= 11 is 3.52. The van der Waals surface area contributed by atoms with Crippen LogP contribution in [0.2, 0.25) is 0 Å². The van der Waals surface area contributed by atoms with E-state index in [-0.39, 0.29) is 5.60 Å². The van der Waals surface area contributed by atoms with Gasteiger partial charge in [0.15, 0.2) is 5.82 Å². The first-order chi connectivity index (χ1) is 9.65. The highest BCUT2D eigenvalue weighted by Gasteiger charge is 2.32. The van der Waals surface area contributed by atoms with Crippen molar-refractivity contribution in [2.45, 2.75) is 25.6 Å². The highest BCUT2D eigenvalue weighted by molar-refractivity contribution is 9.10. The fourth-order valence-electron chi connectivity index (χ4n) is 2.05. The molecule has 3 rings (SSSR count). The maximum absolute atomic E-state index is 5.77. The van der Waals surface area contributed by atoms with Gasteiger partial charge >= 0.3 is 0 Å².